The first-order chi connectivity index (χ1) is 17.0. The Morgan fingerprint density at radius 3 is 2.20 bits per heavy atom. The fraction of sp³-hybridized carbons (Fsp3) is 0.357. The molecular formula is C28H33N5O2. The Labute approximate surface area is 207 Å². The minimum absolute atomic E-state index is 0.0183. The lowest BCUT2D eigenvalue weighted by atomic mass is 10.1. The summed E-state index contributed by atoms with van der Waals surface area (Å²) in [6, 6.07) is 21.4. The number of rotatable bonds is 7. The standard InChI is InChI=1S/C28H33N5O2/c1-4-22(3)33(28(35)24-8-6-5-7-9-24)20-27(34)32-18-16-31(17-19-32)26-15-14-25(29-30-26)23-12-10-21(2)11-13-23/h5-15,22H,4,16-20H2,1-3H3/t22-/m1/s1. The van der Waals surface area contributed by atoms with Gasteiger partial charge in [-0.1, -0.05) is 55.0 Å². The Bertz CT molecular complexity index is 1120. The van der Waals surface area contributed by atoms with Crippen LogP contribution in [0, 0.1) is 6.92 Å². The van der Waals surface area contributed by atoms with Crippen molar-refractivity contribution in [2.75, 3.05) is 37.6 Å². The van der Waals surface area contributed by atoms with Crippen LogP contribution in [0.15, 0.2) is 66.7 Å². The van der Waals surface area contributed by atoms with Crippen LogP contribution in [0.4, 0.5) is 5.82 Å². The van der Waals surface area contributed by atoms with Crippen molar-refractivity contribution in [3.05, 3.63) is 77.9 Å². The van der Waals surface area contributed by atoms with Gasteiger partial charge in [-0.15, -0.1) is 10.2 Å². The van der Waals surface area contributed by atoms with Crippen molar-refractivity contribution < 1.29 is 9.59 Å². The van der Waals surface area contributed by atoms with E-state index in [0.29, 0.717) is 31.7 Å². The van der Waals surface area contributed by atoms with Gasteiger partial charge in [0.15, 0.2) is 5.82 Å². The lowest BCUT2D eigenvalue weighted by molar-refractivity contribution is -0.132. The number of carbonyl (C=O) groups is 2. The van der Waals surface area contributed by atoms with Crippen molar-refractivity contribution in [2.45, 2.75) is 33.2 Å². The number of amides is 2. The van der Waals surface area contributed by atoms with Crippen LogP contribution in [0.1, 0.15) is 36.2 Å². The van der Waals surface area contributed by atoms with E-state index in [1.54, 1.807) is 17.0 Å². The topological polar surface area (TPSA) is 69.6 Å². The summed E-state index contributed by atoms with van der Waals surface area (Å²) in [4.78, 5) is 31.9. The third-order valence-corrected chi connectivity index (χ3v) is 6.66. The molecule has 3 aromatic rings. The molecule has 0 aliphatic carbocycles. The van der Waals surface area contributed by atoms with E-state index in [0.717, 1.165) is 23.5 Å². The van der Waals surface area contributed by atoms with Crippen molar-refractivity contribution >= 4 is 17.6 Å². The zero-order valence-corrected chi connectivity index (χ0v) is 20.7. The van der Waals surface area contributed by atoms with Crippen molar-refractivity contribution in [1.29, 1.82) is 0 Å². The number of anilines is 1. The van der Waals surface area contributed by atoms with Crippen molar-refractivity contribution in [2.24, 2.45) is 0 Å². The van der Waals surface area contributed by atoms with Gasteiger partial charge in [0, 0.05) is 43.3 Å². The average Bonchev–Trinajstić information content (AvgIpc) is 2.92. The summed E-state index contributed by atoms with van der Waals surface area (Å²) in [5.74, 6) is 0.694. The summed E-state index contributed by atoms with van der Waals surface area (Å²) in [6.07, 6.45) is 0.789. The summed E-state index contributed by atoms with van der Waals surface area (Å²) in [6.45, 7) is 8.72. The van der Waals surface area contributed by atoms with Crippen LogP contribution in [0.2, 0.25) is 0 Å². The molecule has 2 heterocycles. The van der Waals surface area contributed by atoms with E-state index in [4.69, 9.17) is 0 Å². The molecule has 35 heavy (non-hydrogen) atoms. The van der Waals surface area contributed by atoms with Gasteiger partial charge in [0.25, 0.3) is 5.91 Å². The number of aromatic nitrogens is 2. The van der Waals surface area contributed by atoms with Gasteiger partial charge < -0.3 is 14.7 Å². The third-order valence-electron chi connectivity index (χ3n) is 6.66. The van der Waals surface area contributed by atoms with Gasteiger partial charge in [0.05, 0.1) is 5.69 Å². The smallest absolute Gasteiger partial charge is 0.254 e. The number of benzene rings is 2. The molecule has 1 aromatic heterocycles. The largest absolute Gasteiger partial charge is 0.352 e. The molecular weight excluding hydrogens is 438 g/mol. The van der Waals surface area contributed by atoms with Gasteiger partial charge in [-0.3, -0.25) is 9.59 Å². The van der Waals surface area contributed by atoms with Crippen LogP contribution in [0.3, 0.4) is 0 Å². The molecule has 0 N–H and O–H groups in total. The molecule has 0 saturated carbocycles. The molecule has 1 fully saturated rings. The lowest BCUT2D eigenvalue weighted by Gasteiger charge is -2.37. The van der Waals surface area contributed by atoms with Crippen LogP contribution < -0.4 is 4.90 Å². The summed E-state index contributed by atoms with van der Waals surface area (Å²) in [5.41, 5.74) is 3.71. The number of hydrogen-bond acceptors (Lipinski definition) is 5. The minimum Gasteiger partial charge on any atom is -0.352 e. The van der Waals surface area contributed by atoms with E-state index in [-0.39, 0.29) is 24.4 Å². The predicted molar refractivity (Wildman–Crippen MR) is 138 cm³/mol. The fourth-order valence-electron chi connectivity index (χ4n) is 4.20. The molecule has 1 aliphatic heterocycles. The van der Waals surface area contributed by atoms with E-state index in [1.807, 2.05) is 49.1 Å². The Hall–Kier alpha value is -3.74. The molecule has 1 atom stereocenters. The van der Waals surface area contributed by atoms with Gasteiger partial charge in [-0.2, -0.15) is 0 Å². The van der Waals surface area contributed by atoms with E-state index in [9.17, 15) is 9.59 Å². The van der Waals surface area contributed by atoms with E-state index >= 15 is 0 Å². The van der Waals surface area contributed by atoms with Crippen LogP contribution >= 0.6 is 0 Å². The molecule has 0 unspecified atom stereocenters. The second-order valence-electron chi connectivity index (χ2n) is 9.07. The molecule has 1 aliphatic rings. The molecule has 7 nitrogen and oxygen atoms in total. The molecule has 2 amide bonds. The highest BCUT2D eigenvalue weighted by Crippen LogP contribution is 2.20. The normalized spacial score (nSPS) is 14.5. The molecule has 0 bridgehead atoms. The maximum absolute atomic E-state index is 13.1. The Morgan fingerprint density at radius 1 is 0.914 bits per heavy atom. The highest BCUT2D eigenvalue weighted by molar-refractivity contribution is 5.96. The monoisotopic (exact) mass is 471 g/mol. The number of piperazine rings is 1. The maximum Gasteiger partial charge on any atom is 0.254 e. The van der Waals surface area contributed by atoms with Gasteiger partial charge >= 0.3 is 0 Å². The molecule has 4 rings (SSSR count). The van der Waals surface area contributed by atoms with Crippen LogP contribution in [-0.2, 0) is 4.79 Å². The molecule has 2 aromatic carbocycles. The summed E-state index contributed by atoms with van der Waals surface area (Å²) in [5, 5.41) is 8.84. The van der Waals surface area contributed by atoms with Gasteiger partial charge in [0.1, 0.15) is 6.54 Å². The molecule has 1 saturated heterocycles. The van der Waals surface area contributed by atoms with Gasteiger partial charge in [0.2, 0.25) is 5.91 Å². The average molecular weight is 472 g/mol. The quantitative estimate of drug-likeness (QED) is 0.520. The minimum atomic E-state index is -0.101. The van der Waals surface area contributed by atoms with E-state index in [2.05, 4.69) is 46.3 Å². The predicted octanol–water partition coefficient (Wildman–Crippen LogP) is 4.04. The van der Waals surface area contributed by atoms with Crippen LogP contribution in [-0.4, -0.2) is 70.6 Å². The second kappa shape index (κ2) is 11.1. The first-order valence-corrected chi connectivity index (χ1v) is 12.3. The molecule has 7 heteroatoms. The second-order valence-corrected chi connectivity index (χ2v) is 9.07. The first kappa shape index (κ1) is 24.4. The summed E-state index contributed by atoms with van der Waals surface area (Å²) < 4.78 is 0. The molecule has 182 valence electrons. The number of aryl methyl sites for hydroxylation is 1. The van der Waals surface area contributed by atoms with E-state index < -0.39 is 0 Å². The summed E-state index contributed by atoms with van der Waals surface area (Å²) in [7, 11) is 0. The third kappa shape index (κ3) is 5.85. The zero-order chi connectivity index (χ0) is 24.8. The Kier molecular flexibility index (Phi) is 7.75. The highest BCUT2D eigenvalue weighted by atomic mass is 16.2. The van der Waals surface area contributed by atoms with Gasteiger partial charge in [-0.25, -0.2) is 0 Å². The van der Waals surface area contributed by atoms with Crippen LogP contribution in [0.5, 0.6) is 0 Å². The van der Waals surface area contributed by atoms with E-state index in [1.165, 1.54) is 5.56 Å². The maximum atomic E-state index is 13.1. The van der Waals surface area contributed by atoms with Crippen molar-refractivity contribution in [3.8, 4) is 11.3 Å². The van der Waals surface area contributed by atoms with Gasteiger partial charge in [-0.05, 0) is 44.5 Å². The highest BCUT2D eigenvalue weighted by Gasteiger charge is 2.28. The summed E-state index contributed by atoms with van der Waals surface area (Å²) >= 11 is 0. The number of carbonyl (C=O) groups excluding carboxylic acids is 2. The Balaban J connectivity index is 1.35. The SMILES string of the molecule is CC[C@@H](C)N(CC(=O)N1CCN(c2ccc(-c3ccc(C)cc3)nn2)CC1)C(=O)c1ccccc1. The number of nitrogens with zero attached hydrogens (tertiary/aromatic N) is 5. The zero-order valence-electron chi connectivity index (χ0n) is 20.7. The number of hydrogen-bond donors (Lipinski definition) is 0. The first-order valence-electron chi connectivity index (χ1n) is 12.3. The van der Waals surface area contributed by atoms with Crippen molar-refractivity contribution in [1.82, 2.24) is 20.0 Å². The Morgan fingerprint density at radius 2 is 1.60 bits per heavy atom. The van der Waals surface area contributed by atoms with Crippen molar-refractivity contribution in [3.63, 3.8) is 0 Å². The lowest BCUT2D eigenvalue weighted by Crippen LogP contribution is -2.53. The fourth-order valence-corrected chi connectivity index (χ4v) is 4.20. The molecule has 0 radical (unpaired) electrons. The van der Waals surface area contributed by atoms with Crippen LogP contribution in [0.25, 0.3) is 11.3 Å². The molecule has 0 spiro atoms.